The summed E-state index contributed by atoms with van der Waals surface area (Å²) in [5.74, 6) is 0.592. The molecule has 0 bridgehead atoms. The number of pyridine rings is 2. The molecular weight excluding hydrogens is 446 g/mol. The molecule has 0 saturated carbocycles. The third kappa shape index (κ3) is 5.03. The molecule has 1 atom stereocenters. The van der Waals surface area contributed by atoms with Crippen LogP contribution in [0.1, 0.15) is 34.8 Å². The fraction of sp³-hybridized carbons (Fsp3) is 0.222. The van der Waals surface area contributed by atoms with E-state index in [0.29, 0.717) is 22.9 Å². The predicted octanol–water partition coefficient (Wildman–Crippen LogP) is 5.59. The van der Waals surface area contributed by atoms with Crippen molar-refractivity contribution in [2.75, 3.05) is 25.0 Å². The first-order valence-corrected chi connectivity index (χ1v) is 11.9. The van der Waals surface area contributed by atoms with E-state index in [-0.39, 0.29) is 11.9 Å². The van der Waals surface area contributed by atoms with Gasteiger partial charge in [0, 0.05) is 46.8 Å². The first-order chi connectivity index (χ1) is 16.7. The predicted molar refractivity (Wildman–Crippen MR) is 137 cm³/mol. The molecule has 5 rings (SSSR count). The van der Waals surface area contributed by atoms with Crippen LogP contribution in [0.5, 0.6) is 0 Å². The maximum absolute atomic E-state index is 13.1. The zero-order valence-electron chi connectivity index (χ0n) is 18.7. The van der Waals surface area contributed by atoms with Gasteiger partial charge in [-0.1, -0.05) is 29.8 Å². The molecule has 2 aromatic heterocycles. The molecule has 0 aliphatic carbocycles. The summed E-state index contributed by atoms with van der Waals surface area (Å²) < 4.78 is 0. The summed E-state index contributed by atoms with van der Waals surface area (Å²) in [6.07, 6.45) is 7.80. The number of carbonyl (C=O) groups excluding carboxylic acids is 1. The molecule has 1 fully saturated rings. The first-order valence-electron chi connectivity index (χ1n) is 11.5. The number of anilines is 2. The highest BCUT2D eigenvalue weighted by Gasteiger charge is 2.24. The van der Waals surface area contributed by atoms with Crippen molar-refractivity contribution in [3.63, 3.8) is 0 Å². The van der Waals surface area contributed by atoms with Crippen molar-refractivity contribution in [2.45, 2.75) is 18.9 Å². The van der Waals surface area contributed by atoms with Gasteiger partial charge in [0.1, 0.15) is 5.82 Å². The minimum absolute atomic E-state index is 0.106. The minimum atomic E-state index is -0.106. The molecule has 7 heteroatoms. The fourth-order valence-electron chi connectivity index (χ4n) is 4.49. The zero-order valence-corrected chi connectivity index (χ0v) is 19.5. The first kappa shape index (κ1) is 22.3. The van der Waals surface area contributed by atoms with Crippen LogP contribution in [0.15, 0.2) is 79.3 Å². The monoisotopic (exact) mass is 471 g/mol. The molecule has 172 valence electrons. The molecular formula is C27H26ClN5O. The highest BCUT2D eigenvalue weighted by Crippen LogP contribution is 2.28. The second-order valence-corrected chi connectivity index (χ2v) is 8.92. The number of fused-ring (bicyclic) bond motifs is 1. The Labute approximate surface area is 204 Å². The Kier molecular flexibility index (Phi) is 6.70. The van der Waals surface area contributed by atoms with Gasteiger partial charge in [-0.15, -0.1) is 0 Å². The van der Waals surface area contributed by atoms with Crippen molar-refractivity contribution in [2.24, 2.45) is 0 Å². The molecule has 3 heterocycles. The van der Waals surface area contributed by atoms with E-state index in [1.54, 1.807) is 12.4 Å². The van der Waals surface area contributed by atoms with Gasteiger partial charge < -0.3 is 10.6 Å². The quantitative estimate of drug-likeness (QED) is 0.367. The van der Waals surface area contributed by atoms with Crippen LogP contribution in [0.4, 0.5) is 11.5 Å². The highest BCUT2D eigenvalue weighted by molar-refractivity contribution is 6.31. The number of amides is 1. The summed E-state index contributed by atoms with van der Waals surface area (Å²) in [7, 11) is 0. The maximum Gasteiger partial charge on any atom is 0.251 e. The van der Waals surface area contributed by atoms with Crippen molar-refractivity contribution >= 4 is 39.8 Å². The van der Waals surface area contributed by atoms with Crippen LogP contribution < -0.4 is 10.6 Å². The number of hydrogen-bond acceptors (Lipinski definition) is 5. The average molecular weight is 472 g/mol. The molecule has 1 unspecified atom stereocenters. The van der Waals surface area contributed by atoms with Crippen molar-refractivity contribution in [3.8, 4) is 0 Å². The van der Waals surface area contributed by atoms with Gasteiger partial charge in [0.2, 0.25) is 0 Å². The molecule has 2 N–H and O–H groups in total. The topological polar surface area (TPSA) is 70.2 Å². The third-order valence-electron chi connectivity index (χ3n) is 6.22. The van der Waals surface area contributed by atoms with Crippen LogP contribution in [0.3, 0.4) is 0 Å². The third-order valence-corrected chi connectivity index (χ3v) is 6.46. The normalized spacial score (nSPS) is 14.7. The molecule has 2 aromatic carbocycles. The van der Waals surface area contributed by atoms with Crippen LogP contribution in [0.25, 0.3) is 10.8 Å². The lowest BCUT2D eigenvalue weighted by Crippen LogP contribution is -2.36. The summed E-state index contributed by atoms with van der Waals surface area (Å²) >= 11 is 6.20. The number of halogens is 1. The summed E-state index contributed by atoms with van der Waals surface area (Å²) in [6, 6.07) is 19.3. The maximum atomic E-state index is 13.1. The number of rotatable bonds is 7. The number of benzene rings is 2. The van der Waals surface area contributed by atoms with E-state index < -0.39 is 0 Å². The molecule has 4 aromatic rings. The van der Waals surface area contributed by atoms with Crippen LogP contribution >= 0.6 is 11.6 Å². The van der Waals surface area contributed by atoms with Crippen molar-refractivity contribution in [1.29, 1.82) is 0 Å². The molecule has 1 saturated heterocycles. The minimum Gasteiger partial charge on any atom is -0.350 e. The summed E-state index contributed by atoms with van der Waals surface area (Å²) in [6.45, 7) is 2.61. The summed E-state index contributed by atoms with van der Waals surface area (Å²) in [5.41, 5.74) is 2.51. The van der Waals surface area contributed by atoms with Crippen LogP contribution in [0, 0.1) is 0 Å². The van der Waals surface area contributed by atoms with E-state index in [1.165, 1.54) is 12.8 Å². The number of nitrogens with one attached hydrogen (secondary N) is 2. The number of likely N-dealkylation sites (tertiary alicyclic amines) is 1. The number of aromatic nitrogens is 2. The van der Waals surface area contributed by atoms with E-state index in [9.17, 15) is 4.79 Å². The Balaban J connectivity index is 1.31. The summed E-state index contributed by atoms with van der Waals surface area (Å²) in [4.78, 5) is 24.2. The SMILES string of the molecule is O=C(NCC(c1cccnc1)N1CCCC1)c1cccc(Nc2nccc3ccc(Cl)cc23)c1. The molecule has 6 nitrogen and oxygen atoms in total. The van der Waals surface area contributed by atoms with E-state index in [0.717, 1.165) is 35.1 Å². The standard InChI is InChI=1S/C27H26ClN5O/c28-22-9-8-19-10-12-30-26(24(19)16-22)32-23-7-3-5-20(15-23)27(34)31-18-25(33-13-1-2-14-33)21-6-4-11-29-17-21/h3-12,15-17,25H,1-2,13-14,18H2,(H,30,32)(H,31,34). The molecule has 1 aliphatic heterocycles. The van der Waals surface area contributed by atoms with Gasteiger partial charge in [-0.2, -0.15) is 0 Å². The molecule has 0 radical (unpaired) electrons. The van der Waals surface area contributed by atoms with Crippen molar-refractivity contribution < 1.29 is 4.79 Å². The summed E-state index contributed by atoms with van der Waals surface area (Å²) in [5, 5.41) is 9.09. The zero-order chi connectivity index (χ0) is 23.3. The number of carbonyl (C=O) groups is 1. The Bertz CT molecular complexity index is 1290. The van der Waals surface area contributed by atoms with Gasteiger partial charge in [-0.05, 0) is 79.3 Å². The van der Waals surface area contributed by atoms with Gasteiger partial charge in [-0.25, -0.2) is 4.98 Å². The molecule has 1 aliphatic rings. The lowest BCUT2D eigenvalue weighted by molar-refractivity contribution is 0.0938. The number of hydrogen-bond donors (Lipinski definition) is 2. The second kappa shape index (κ2) is 10.2. The van der Waals surface area contributed by atoms with Gasteiger partial charge in [0.15, 0.2) is 0 Å². The molecule has 1 amide bonds. The fourth-order valence-corrected chi connectivity index (χ4v) is 4.66. The average Bonchev–Trinajstić information content (AvgIpc) is 3.40. The van der Waals surface area contributed by atoms with E-state index in [2.05, 4.69) is 31.6 Å². The van der Waals surface area contributed by atoms with Gasteiger partial charge in [0.05, 0.1) is 6.04 Å². The van der Waals surface area contributed by atoms with Crippen molar-refractivity contribution in [3.05, 3.63) is 95.4 Å². The Morgan fingerprint density at radius 3 is 2.74 bits per heavy atom. The highest BCUT2D eigenvalue weighted by atomic mass is 35.5. The smallest absolute Gasteiger partial charge is 0.251 e. The molecule has 0 spiro atoms. The van der Waals surface area contributed by atoms with E-state index >= 15 is 0 Å². The van der Waals surface area contributed by atoms with E-state index in [1.807, 2.05) is 60.8 Å². The van der Waals surface area contributed by atoms with E-state index in [4.69, 9.17) is 11.6 Å². The second-order valence-electron chi connectivity index (χ2n) is 8.49. The Hall–Kier alpha value is -3.48. The number of nitrogens with zero attached hydrogens (tertiary/aromatic N) is 3. The van der Waals surface area contributed by atoms with Gasteiger partial charge in [-0.3, -0.25) is 14.7 Å². The van der Waals surface area contributed by atoms with Crippen LogP contribution in [-0.4, -0.2) is 40.4 Å². The molecule has 34 heavy (non-hydrogen) atoms. The lowest BCUT2D eigenvalue weighted by Gasteiger charge is -2.28. The van der Waals surface area contributed by atoms with Gasteiger partial charge in [0.25, 0.3) is 5.91 Å². The van der Waals surface area contributed by atoms with Crippen LogP contribution in [-0.2, 0) is 0 Å². The van der Waals surface area contributed by atoms with Crippen molar-refractivity contribution in [1.82, 2.24) is 20.2 Å². The van der Waals surface area contributed by atoms with Crippen LogP contribution in [0.2, 0.25) is 5.02 Å². The van der Waals surface area contributed by atoms with Gasteiger partial charge >= 0.3 is 0 Å². The lowest BCUT2D eigenvalue weighted by atomic mass is 10.1. The largest absolute Gasteiger partial charge is 0.350 e. The Morgan fingerprint density at radius 1 is 1.03 bits per heavy atom. The Morgan fingerprint density at radius 2 is 1.91 bits per heavy atom.